The number of benzene rings is 2. The van der Waals surface area contributed by atoms with Crippen LogP contribution in [0, 0.1) is 6.92 Å². The lowest BCUT2D eigenvalue weighted by atomic mass is 10.1. The number of nitrogens with two attached hydrogens (primary N) is 1. The zero-order valence-corrected chi connectivity index (χ0v) is 11.4. The van der Waals surface area contributed by atoms with E-state index < -0.39 is 0 Å². The molecule has 0 aromatic heterocycles. The van der Waals surface area contributed by atoms with Crippen molar-refractivity contribution in [2.75, 3.05) is 0 Å². The Morgan fingerprint density at radius 2 is 1.68 bits per heavy atom. The molecule has 0 spiro atoms. The second kappa shape index (κ2) is 6.21. The summed E-state index contributed by atoms with van der Waals surface area (Å²) in [5.74, 6) is 0.461. The van der Waals surface area contributed by atoms with Gasteiger partial charge in [-0.05, 0) is 42.8 Å². The molecule has 0 unspecified atom stereocenters. The first kappa shape index (κ1) is 13.4. The normalized spacial score (nSPS) is 12.0. The summed E-state index contributed by atoms with van der Waals surface area (Å²) in [6, 6.07) is 15.4. The van der Waals surface area contributed by atoms with Crippen LogP contribution in [-0.2, 0) is 0 Å². The second-order valence-electron chi connectivity index (χ2n) is 4.26. The highest BCUT2D eigenvalue weighted by Gasteiger charge is 1.92. The fourth-order valence-corrected chi connectivity index (χ4v) is 1.69. The van der Waals surface area contributed by atoms with Crippen molar-refractivity contribution in [1.29, 1.82) is 0 Å². The van der Waals surface area contributed by atoms with Gasteiger partial charge in [-0.2, -0.15) is 0 Å². The smallest absolute Gasteiger partial charge is 0.124 e. The molecule has 2 nitrogen and oxygen atoms in total. The summed E-state index contributed by atoms with van der Waals surface area (Å²) >= 11 is 5.81. The molecular weight excluding hydrogens is 256 g/mol. The standard InChI is InChI=1S/C16H15ClN2/c1-12-2-4-13(5-3-12)6-11-16(18)19-15-9-7-14(17)8-10-15/h2-11H,1H3,(H2,18,19). The summed E-state index contributed by atoms with van der Waals surface area (Å²) in [4.78, 5) is 4.28. The van der Waals surface area contributed by atoms with Crippen LogP contribution in [-0.4, -0.2) is 5.84 Å². The van der Waals surface area contributed by atoms with Crippen molar-refractivity contribution in [2.24, 2.45) is 10.7 Å². The molecule has 2 aromatic carbocycles. The lowest BCUT2D eigenvalue weighted by Gasteiger charge is -1.97. The first-order chi connectivity index (χ1) is 9.13. The number of hydrogen-bond acceptors (Lipinski definition) is 1. The van der Waals surface area contributed by atoms with Gasteiger partial charge in [0.1, 0.15) is 5.84 Å². The van der Waals surface area contributed by atoms with Gasteiger partial charge in [-0.25, -0.2) is 4.99 Å². The summed E-state index contributed by atoms with van der Waals surface area (Å²) in [5.41, 5.74) is 8.97. The number of rotatable bonds is 3. The van der Waals surface area contributed by atoms with Crippen LogP contribution in [0.2, 0.25) is 5.02 Å². The molecule has 2 aromatic rings. The van der Waals surface area contributed by atoms with Gasteiger partial charge in [0.05, 0.1) is 5.69 Å². The first-order valence-electron chi connectivity index (χ1n) is 5.98. The van der Waals surface area contributed by atoms with Gasteiger partial charge >= 0.3 is 0 Å². The molecule has 0 aliphatic rings. The Labute approximate surface area is 118 Å². The fraction of sp³-hybridized carbons (Fsp3) is 0.0625. The third-order valence-electron chi connectivity index (χ3n) is 2.61. The van der Waals surface area contributed by atoms with Crippen molar-refractivity contribution in [3.05, 3.63) is 70.8 Å². The Kier molecular flexibility index (Phi) is 4.37. The molecule has 3 heteroatoms. The zero-order valence-electron chi connectivity index (χ0n) is 10.7. The van der Waals surface area contributed by atoms with Crippen LogP contribution in [0.25, 0.3) is 6.08 Å². The molecule has 96 valence electrons. The third-order valence-corrected chi connectivity index (χ3v) is 2.86. The maximum Gasteiger partial charge on any atom is 0.124 e. The van der Waals surface area contributed by atoms with E-state index in [9.17, 15) is 0 Å². The predicted molar refractivity (Wildman–Crippen MR) is 82.9 cm³/mol. The van der Waals surface area contributed by atoms with Crippen LogP contribution < -0.4 is 5.73 Å². The second-order valence-corrected chi connectivity index (χ2v) is 4.69. The van der Waals surface area contributed by atoms with Crippen LogP contribution in [0.1, 0.15) is 11.1 Å². The number of halogens is 1. The summed E-state index contributed by atoms with van der Waals surface area (Å²) in [6.07, 6.45) is 3.73. The Bertz CT molecular complexity index is 596. The van der Waals surface area contributed by atoms with E-state index in [2.05, 4.69) is 24.0 Å². The number of amidine groups is 1. The minimum Gasteiger partial charge on any atom is -0.384 e. The van der Waals surface area contributed by atoms with Gasteiger partial charge in [0.2, 0.25) is 0 Å². The summed E-state index contributed by atoms with van der Waals surface area (Å²) < 4.78 is 0. The summed E-state index contributed by atoms with van der Waals surface area (Å²) in [7, 11) is 0. The van der Waals surface area contributed by atoms with E-state index in [-0.39, 0.29) is 0 Å². The SMILES string of the molecule is Cc1ccc(C=CC(N)=Nc2ccc(Cl)cc2)cc1. The van der Waals surface area contributed by atoms with Gasteiger partial charge < -0.3 is 5.73 Å². The van der Waals surface area contributed by atoms with Gasteiger partial charge in [-0.15, -0.1) is 0 Å². The van der Waals surface area contributed by atoms with Crippen molar-refractivity contribution < 1.29 is 0 Å². The quantitative estimate of drug-likeness (QED) is 0.653. The number of aliphatic imine (C=N–C) groups is 1. The van der Waals surface area contributed by atoms with Crippen molar-refractivity contribution in [3.63, 3.8) is 0 Å². The Morgan fingerprint density at radius 1 is 1.05 bits per heavy atom. The highest BCUT2D eigenvalue weighted by atomic mass is 35.5. The average molecular weight is 271 g/mol. The van der Waals surface area contributed by atoms with Crippen molar-refractivity contribution in [2.45, 2.75) is 6.92 Å². The van der Waals surface area contributed by atoms with Crippen LogP contribution in [0.5, 0.6) is 0 Å². The molecule has 0 bridgehead atoms. The maximum absolute atomic E-state index is 5.85. The van der Waals surface area contributed by atoms with Gasteiger partial charge in [0.15, 0.2) is 0 Å². The monoisotopic (exact) mass is 270 g/mol. The van der Waals surface area contributed by atoms with Crippen LogP contribution >= 0.6 is 11.6 Å². The van der Waals surface area contributed by atoms with Gasteiger partial charge in [-0.3, -0.25) is 0 Å². The average Bonchev–Trinajstić information content (AvgIpc) is 2.41. The number of hydrogen-bond donors (Lipinski definition) is 1. The highest BCUT2D eigenvalue weighted by molar-refractivity contribution is 6.30. The molecule has 0 amide bonds. The molecule has 0 atom stereocenters. The fourth-order valence-electron chi connectivity index (χ4n) is 1.56. The molecule has 2 rings (SSSR count). The van der Waals surface area contributed by atoms with E-state index in [4.69, 9.17) is 17.3 Å². The topological polar surface area (TPSA) is 38.4 Å². The molecule has 0 aliphatic heterocycles. The minimum atomic E-state index is 0.461. The summed E-state index contributed by atoms with van der Waals surface area (Å²) in [6.45, 7) is 2.06. The first-order valence-corrected chi connectivity index (χ1v) is 6.36. The van der Waals surface area contributed by atoms with Crippen LogP contribution in [0.4, 0.5) is 5.69 Å². The van der Waals surface area contributed by atoms with Crippen LogP contribution in [0.3, 0.4) is 0 Å². The number of nitrogens with zero attached hydrogens (tertiary/aromatic N) is 1. The van der Waals surface area contributed by atoms with E-state index >= 15 is 0 Å². The molecule has 2 N–H and O–H groups in total. The molecule has 0 saturated heterocycles. The van der Waals surface area contributed by atoms with Gasteiger partial charge in [-0.1, -0.05) is 47.5 Å². The zero-order chi connectivity index (χ0) is 13.7. The molecule has 0 heterocycles. The van der Waals surface area contributed by atoms with Gasteiger partial charge in [0.25, 0.3) is 0 Å². The third kappa shape index (κ3) is 4.27. The van der Waals surface area contributed by atoms with Crippen molar-refractivity contribution in [3.8, 4) is 0 Å². The Balaban J connectivity index is 2.09. The predicted octanol–water partition coefficient (Wildman–Crippen LogP) is 4.35. The Morgan fingerprint density at radius 3 is 2.32 bits per heavy atom. The minimum absolute atomic E-state index is 0.461. The van der Waals surface area contributed by atoms with Gasteiger partial charge in [0, 0.05) is 5.02 Å². The van der Waals surface area contributed by atoms with E-state index in [0.717, 1.165) is 11.3 Å². The lowest BCUT2D eigenvalue weighted by Crippen LogP contribution is -2.06. The van der Waals surface area contributed by atoms with Crippen molar-refractivity contribution in [1.82, 2.24) is 0 Å². The molecular formula is C16H15ClN2. The van der Waals surface area contributed by atoms with E-state index in [1.807, 2.05) is 30.3 Å². The molecule has 19 heavy (non-hydrogen) atoms. The summed E-state index contributed by atoms with van der Waals surface area (Å²) in [5, 5.41) is 0.688. The maximum atomic E-state index is 5.85. The van der Waals surface area contributed by atoms with E-state index in [1.54, 1.807) is 18.2 Å². The van der Waals surface area contributed by atoms with Crippen LogP contribution in [0.15, 0.2) is 59.6 Å². The lowest BCUT2D eigenvalue weighted by molar-refractivity contribution is 1.46. The highest BCUT2D eigenvalue weighted by Crippen LogP contribution is 2.16. The Hall–Kier alpha value is -2.06. The molecule has 0 saturated carbocycles. The number of aryl methyl sites for hydroxylation is 1. The van der Waals surface area contributed by atoms with E-state index in [1.165, 1.54) is 5.56 Å². The largest absolute Gasteiger partial charge is 0.384 e. The van der Waals surface area contributed by atoms with E-state index in [0.29, 0.717) is 10.9 Å². The molecule has 0 fully saturated rings. The van der Waals surface area contributed by atoms with Crippen molar-refractivity contribution >= 4 is 29.2 Å². The molecule has 0 aliphatic carbocycles. The molecule has 0 radical (unpaired) electrons.